The lowest BCUT2D eigenvalue weighted by Gasteiger charge is -2.41. The van der Waals surface area contributed by atoms with Crippen LogP contribution in [0.25, 0.3) is 0 Å². The van der Waals surface area contributed by atoms with Gasteiger partial charge in [-0.15, -0.1) is 23.1 Å². The van der Waals surface area contributed by atoms with E-state index in [1.54, 1.807) is 35.1 Å². The predicted octanol–water partition coefficient (Wildman–Crippen LogP) is 4.76. The van der Waals surface area contributed by atoms with Gasteiger partial charge in [-0.1, -0.05) is 36.4 Å². The number of rotatable bonds is 9. The molecule has 0 radical (unpaired) electrons. The summed E-state index contributed by atoms with van der Waals surface area (Å²) < 4.78 is 5.28. The van der Waals surface area contributed by atoms with Gasteiger partial charge in [0.25, 0.3) is 5.91 Å². The third-order valence-corrected chi connectivity index (χ3v) is 7.65. The smallest absolute Gasteiger partial charge is 0.254 e. The van der Waals surface area contributed by atoms with Gasteiger partial charge in [0.1, 0.15) is 0 Å². The van der Waals surface area contributed by atoms with Crippen molar-refractivity contribution in [2.24, 2.45) is 0 Å². The van der Waals surface area contributed by atoms with Gasteiger partial charge in [0.15, 0.2) is 0 Å². The van der Waals surface area contributed by atoms with E-state index in [-0.39, 0.29) is 17.9 Å². The van der Waals surface area contributed by atoms with Crippen molar-refractivity contribution in [3.05, 3.63) is 87.6 Å². The van der Waals surface area contributed by atoms with Crippen LogP contribution in [-0.4, -0.2) is 49.8 Å². The molecule has 0 bridgehead atoms. The minimum absolute atomic E-state index is 0.0565. The van der Waals surface area contributed by atoms with Crippen molar-refractivity contribution in [1.29, 1.82) is 0 Å². The Morgan fingerprint density at radius 1 is 1.12 bits per heavy atom. The van der Waals surface area contributed by atoms with E-state index in [1.807, 2.05) is 41.8 Å². The SMILES string of the molecule is COCCN1C(=O)c2ccccc2[C@@H](C(=O)NCCc2ccc(SC)cc2)[C@@H]1c1cccs1. The average molecular weight is 481 g/mol. The molecule has 3 aromatic rings. The zero-order valence-electron chi connectivity index (χ0n) is 18.8. The minimum atomic E-state index is -0.478. The normalized spacial score (nSPS) is 17.6. The molecule has 0 fully saturated rings. The van der Waals surface area contributed by atoms with Gasteiger partial charge in [-0.2, -0.15) is 0 Å². The summed E-state index contributed by atoms with van der Waals surface area (Å²) in [6.07, 6.45) is 2.81. The van der Waals surface area contributed by atoms with E-state index in [0.717, 1.165) is 16.9 Å². The van der Waals surface area contributed by atoms with E-state index in [0.29, 0.717) is 25.3 Å². The summed E-state index contributed by atoms with van der Waals surface area (Å²) in [5.41, 5.74) is 2.56. The Kier molecular flexibility index (Phi) is 7.85. The number of amides is 2. The van der Waals surface area contributed by atoms with Crippen molar-refractivity contribution in [3.8, 4) is 0 Å². The van der Waals surface area contributed by atoms with Crippen LogP contribution in [0.4, 0.5) is 0 Å². The first-order valence-corrected chi connectivity index (χ1v) is 13.1. The standard InChI is InChI=1S/C26H28N2O3S2/c1-31-16-15-28-24(22-8-5-17-33-22)23(20-6-3-4-7-21(20)26(28)30)25(29)27-14-13-18-9-11-19(32-2)12-10-18/h3-12,17,23-24H,13-16H2,1-2H3,(H,27,29)/t23-,24+/m1/s1. The summed E-state index contributed by atoms with van der Waals surface area (Å²) in [7, 11) is 1.62. The maximum Gasteiger partial charge on any atom is 0.254 e. The topological polar surface area (TPSA) is 58.6 Å². The van der Waals surface area contributed by atoms with Crippen molar-refractivity contribution >= 4 is 34.9 Å². The van der Waals surface area contributed by atoms with Crippen molar-refractivity contribution in [3.63, 3.8) is 0 Å². The zero-order chi connectivity index (χ0) is 23.2. The summed E-state index contributed by atoms with van der Waals surface area (Å²) in [5.74, 6) is -0.594. The van der Waals surface area contributed by atoms with E-state index in [4.69, 9.17) is 4.74 Å². The van der Waals surface area contributed by atoms with Gasteiger partial charge in [-0.3, -0.25) is 9.59 Å². The number of hydrogen-bond acceptors (Lipinski definition) is 5. The number of methoxy groups -OCH3 is 1. The van der Waals surface area contributed by atoms with Crippen LogP contribution in [0.2, 0.25) is 0 Å². The highest BCUT2D eigenvalue weighted by atomic mass is 32.2. The molecule has 1 aliphatic heterocycles. The molecule has 0 saturated heterocycles. The fourth-order valence-electron chi connectivity index (χ4n) is 4.32. The Morgan fingerprint density at radius 3 is 2.61 bits per heavy atom. The number of thioether (sulfide) groups is 1. The second-order valence-corrected chi connectivity index (χ2v) is 9.76. The first kappa shape index (κ1) is 23.5. The second kappa shape index (κ2) is 11.0. The van der Waals surface area contributed by atoms with Crippen molar-refractivity contribution in [2.45, 2.75) is 23.3 Å². The van der Waals surface area contributed by atoms with Crippen LogP contribution in [-0.2, 0) is 16.0 Å². The third-order valence-electron chi connectivity index (χ3n) is 5.96. The molecule has 0 saturated carbocycles. The maximum absolute atomic E-state index is 13.6. The van der Waals surface area contributed by atoms with Gasteiger partial charge >= 0.3 is 0 Å². The van der Waals surface area contributed by atoms with Crippen LogP contribution in [0, 0.1) is 0 Å². The number of carbonyl (C=O) groups excluding carboxylic acids is 2. The highest BCUT2D eigenvalue weighted by Crippen LogP contribution is 2.44. The maximum atomic E-state index is 13.6. The molecule has 33 heavy (non-hydrogen) atoms. The molecule has 7 heteroatoms. The van der Waals surface area contributed by atoms with Gasteiger partial charge in [0, 0.05) is 35.5 Å². The Balaban J connectivity index is 1.60. The highest BCUT2D eigenvalue weighted by Gasteiger charge is 2.44. The molecule has 4 rings (SSSR count). The predicted molar refractivity (Wildman–Crippen MR) is 134 cm³/mol. The second-order valence-electron chi connectivity index (χ2n) is 7.91. The monoisotopic (exact) mass is 480 g/mol. The summed E-state index contributed by atoms with van der Waals surface area (Å²) in [4.78, 5) is 31.0. The lowest BCUT2D eigenvalue weighted by Crippen LogP contribution is -2.48. The van der Waals surface area contributed by atoms with Gasteiger partial charge in [0.05, 0.1) is 18.6 Å². The number of nitrogens with one attached hydrogen (secondary N) is 1. The number of nitrogens with zero attached hydrogens (tertiary/aromatic N) is 1. The quantitative estimate of drug-likeness (QED) is 0.449. The molecule has 2 amide bonds. The average Bonchev–Trinajstić information content (AvgIpc) is 3.38. The van der Waals surface area contributed by atoms with Crippen molar-refractivity contribution < 1.29 is 14.3 Å². The number of benzene rings is 2. The third kappa shape index (κ3) is 5.16. The Labute approximate surface area is 203 Å². The van der Waals surface area contributed by atoms with Gasteiger partial charge in [-0.05, 0) is 53.4 Å². The van der Waals surface area contributed by atoms with Gasteiger partial charge in [-0.25, -0.2) is 0 Å². The number of fused-ring (bicyclic) bond motifs is 1. The number of hydrogen-bond donors (Lipinski definition) is 1. The molecule has 1 N–H and O–H groups in total. The molecule has 2 atom stereocenters. The minimum Gasteiger partial charge on any atom is -0.383 e. The zero-order valence-corrected chi connectivity index (χ0v) is 20.5. The van der Waals surface area contributed by atoms with E-state index in [1.165, 1.54) is 10.5 Å². The van der Waals surface area contributed by atoms with Crippen LogP contribution in [0.15, 0.2) is 70.9 Å². The lowest BCUT2D eigenvalue weighted by molar-refractivity contribution is -0.124. The van der Waals surface area contributed by atoms with E-state index in [9.17, 15) is 9.59 Å². The summed E-state index contributed by atoms with van der Waals surface area (Å²) in [6.45, 7) is 1.38. The van der Waals surface area contributed by atoms with E-state index >= 15 is 0 Å². The van der Waals surface area contributed by atoms with Gasteiger partial charge in [0.2, 0.25) is 5.91 Å². The molecular formula is C26H28N2O3S2. The van der Waals surface area contributed by atoms with E-state index < -0.39 is 5.92 Å². The highest BCUT2D eigenvalue weighted by molar-refractivity contribution is 7.98. The molecule has 0 spiro atoms. The molecule has 0 aliphatic carbocycles. The van der Waals surface area contributed by atoms with Crippen LogP contribution in [0.3, 0.4) is 0 Å². The Morgan fingerprint density at radius 2 is 1.91 bits per heavy atom. The lowest BCUT2D eigenvalue weighted by atomic mass is 9.81. The molecule has 2 heterocycles. The first-order chi connectivity index (χ1) is 16.1. The van der Waals surface area contributed by atoms with E-state index in [2.05, 4.69) is 35.8 Å². The Bertz CT molecular complexity index is 1080. The number of thiophene rings is 1. The largest absolute Gasteiger partial charge is 0.383 e. The summed E-state index contributed by atoms with van der Waals surface area (Å²) >= 11 is 3.29. The number of ether oxygens (including phenoxy) is 1. The van der Waals surface area contributed by atoms with Crippen molar-refractivity contribution in [1.82, 2.24) is 10.2 Å². The summed E-state index contributed by atoms with van der Waals surface area (Å²) in [6, 6.07) is 19.5. The van der Waals surface area contributed by atoms with Crippen LogP contribution >= 0.6 is 23.1 Å². The van der Waals surface area contributed by atoms with Gasteiger partial charge < -0.3 is 15.0 Å². The van der Waals surface area contributed by atoms with Crippen LogP contribution in [0.5, 0.6) is 0 Å². The number of carbonyl (C=O) groups is 2. The summed E-state index contributed by atoms with van der Waals surface area (Å²) in [5, 5.41) is 5.13. The molecule has 2 aromatic carbocycles. The molecule has 172 valence electrons. The molecule has 0 unspecified atom stereocenters. The fraction of sp³-hybridized carbons (Fsp3) is 0.308. The van der Waals surface area contributed by atoms with Crippen LogP contribution < -0.4 is 5.32 Å². The molecule has 1 aromatic heterocycles. The first-order valence-electron chi connectivity index (χ1n) is 11.0. The molecule has 1 aliphatic rings. The fourth-order valence-corrected chi connectivity index (χ4v) is 5.60. The molecular weight excluding hydrogens is 452 g/mol. The van der Waals surface area contributed by atoms with Crippen molar-refractivity contribution in [2.75, 3.05) is 33.1 Å². The molecule has 5 nitrogen and oxygen atoms in total. The van der Waals surface area contributed by atoms with Crippen LogP contribution in [0.1, 0.15) is 38.3 Å². The Hall–Kier alpha value is -2.61.